The molecule has 6 nitrogen and oxygen atoms in total. The molecule has 2 amide bonds. The van der Waals surface area contributed by atoms with Crippen LogP contribution in [-0.4, -0.2) is 52.4 Å². The van der Waals surface area contributed by atoms with Gasteiger partial charge in [0.05, 0.1) is 6.26 Å². The summed E-state index contributed by atoms with van der Waals surface area (Å²) in [7, 11) is 0. The summed E-state index contributed by atoms with van der Waals surface area (Å²) in [6, 6.07) is 7.15. The van der Waals surface area contributed by atoms with E-state index in [0.29, 0.717) is 38.5 Å². The average Bonchev–Trinajstić information content (AvgIpc) is 3.20. The zero-order valence-electron chi connectivity index (χ0n) is 11.6. The molecule has 1 aliphatic rings. The third-order valence-electron chi connectivity index (χ3n) is 3.64. The Balaban J connectivity index is 1.53. The van der Waals surface area contributed by atoms with E-state index in [2.05, 4.69) is 0 Å². The predicted molar refractivity (Wildman–Crippen MR) is 75.6 cm³/mol. The van der Waals surface area contributed by atoms with Gasteiger partial charge in [-0.2, -0.15) is 0 Å². The molecule has 0 aliphatic carbocycles. The summed E-state index contributed by atoms with van der Waals surface area (Å²) in [5.41, 5.74) is 0. The maximum atomic E-state index is 12.2. The van der Waals surface area contributed by atoms with Crippen molar-refractivity contribution in [3.05, 3.63) is 48.7 Å². The van der Waals surface area contributed by atoms with Crippen LogP contribution in [0.2, 0.25) is 0 Å². The van der Waals surface area contributed by atoms with Crippen LogP contribution >= 0.6 is 0 Å². The molecule has 0 atom stereocenters. The van der Waals surface area contributed by atoms with Crippen molar-refractivity contribution in [3.8, 4) is 0 Å². The van der Waals surface area contributed by atoms with Gasteiger partial charge < -0.3 is 18.8 Å². The van der Waals surface area contributed by atoms with E-state index in [4.69, 9.17) is 4.42 Å². The van der Waals surface area contributed by atoms with E-state index in [1.165, 1.54) is 6.26 Å². The van der Waals surface area contributed by atoms with Crippen molar-refractivity contribution >= 4 is 11.8 Å². The lowest BCUT2D eigenvalue weighted by atomic mass is 10.2. The van der Waals surface area contributed by atoms with Crippen LogP contribution < -0.4 is 0 Å². The molecule has 1 aliphatic heterocycles. The van der Waals surface area contributed by atoms with Crippen molar-refractivity contribution in [3.63, 3.8) is 0 Å². The SMILES string of the molecule is O=C(Cn1cccc1)N1CCN(C(=O)c2ccco2)CC1. The van der Waals surface area contributed by atoms with Crippen molar-refractivity contribution in [1.82, 2.24) is 14.4 Å². The maximum absolute atomic E-state index is 12.2. The summed E-state index contributed by atoms with van der Waals surface area (Å²) in [5, 5.41) is 0. The molecule has 2 aromatic rings. The van der Waals surface area contributed by atoms with Crippen LogP contribution in [0.15, 0.2) is 47.3 Å². The molecule has 0 spiro atoms. The molecule has 0 unspecified atom stereocenters. The summed E-state index contributed by atoms with van der Waals surface area (Å²) in [6.07, 6.45) is 5.23. The Bertz CT molecular complexity index is 596. The molecule has 3 rings (SSSR count). The van der Waals surface area contributed by atoms with Crippen LogP contribution in [0.25, 0.3) is 0 Å². The third kappa shape index (κ3) is 2.99. The Kier molecular flexibility index (Phi) is 3.77. The maximum Gasteiger partial charge on any atom is 0.289 e. The standard InChI is InChI=1S/C15H17N3O3/c19-14(12-16-5-1-2-6-16)17-7-9-18(10-8-17)15(20)13-4-3-11-21-13/h1-6,11H,7-10,12H2. The zero-order chi connectivity index (χ0) is 14.7. The molecule has 0 N–H and O–H groups in total. The van der Waals surface area contributed by atoms with Crippen molar-refractivity contribution in [1.29, 1.82) is 0 Å². The first-order valence-corrected chi connectivity index (χ1v) is 6.95. The highest BCUT2D eigenvalue weighted by molar-refractivity contribution is 5.91. The first-order valence-electron chi connectivity index (χ1n) is 6.95. The number of rotatable bonds is 3. The smallest absolute Gasteiger partial charge is 0.289 e. The first-order chi connectivity index (χ1) is 10.2. The lowest BCUT2D eigenvalue weighted by molar-refractivity contribution is -0.133. The number of carbonyl (C=O) groups is 2. The van der Waals surface area contributed by atoms with Crippen LogP contribution in [-0.2, 0) is 11.3 Å². The molecule has 0 radical (unpaired) electrons. The second kappa shape index (κ2) is 5.87. The monoisotopic (exact) mass is 287 g/mol. The number of furan rings is 1. The summed E-state index contributed by atoms with van der Waals surface area (Å²) >= 11 is 0. The van der Waals surface area contributed by atoms with Crippen molar-refractivity contribution in [2.24, 2.45) is 0 Å². The third-order valence-corrected chi connectivity index (χ3v) is 3.64. The topological polar surface area (TPSA) is 58.7 Å². The summed E-state index contributed by atoms with van der Waals surface area (Å²) in [6.45, 7) is 2.55. The minimum atomic E-state index is -0.113. The Morgan fingerprint density at radius 3 is 2.29 bits per heavy atom. The highest BCUT2D eigenvalue weighted by atomic mass is 16.3. The number of amides is 2. The lowest BCUT2D eigenvalue weighted by Gasteiger charge is -2.34. The van der Waals surface area contributed by atoms with E-state index < -0.39 is 0 Å². The quantitative estimate of drug-likeness (QED) is 0.848. The van der Waals surface area contributed by atoms with Gasteiger partial charge in [0.1, 0.15) is 6.54 Å². The number of piperazine rings is 1. The van der Waals surface area contributed by atoms with Gasteiger partial charge in [0.25, 0.3) is 5.91 Å². The molecule has 3 heterocycles. The van der Waals surface area contributed by atoms with E-state index in [1.54, 1.807) is 21.9 Å². The number of aromatic nitrogens is 1. The predicted octanol–water partition coefficient (Wildman–Crippen LogP) is 1.07. The van der Waals surface area contributed by atoms with Gasteiger partial charge in [-0.1, -0.05) is 0 Å². The van der Waals surface area contributed by atoms with Gasteiger partial charge in [-0.15, -0.1) is 0 Å². The van der Waals surface area contributed by atoms with Crippen molar-refractivity contribution in [2.75, 3.05) is 26.2 Å². The fraction of sp³-hybridized carbons (Fsp3) is 0.333. The van der Waals surface area contributed by atoms with Gasteiger partial charge in [0.2, 0.25) is 5.91 Å². The Morgan fingerprint density at radius 2 is 1.67 bits per heavy atom. The van der Waals surface area contributed by atoms with Gasteiger partial charge >= 0.3 is 0 Å². The Hall–Kier alpha value is -2.50. The van der Waals surface area contributed by atoms with Gasteiger partial charge in [0, 0.05) is 38.6 Å². The molecular formula is C15H17N3O3. The minimum absolute atomic E-state index is 0.0799. The van der Waals surface area contributed by atoms with Crippen LogP contribution in [0.5, 0.6) is 0 Å². The molecule has 110 valence electrons. The minimum Gasteiger partial charge on any atom is -0.459 e. The zero-order valence-corrected chi connectivity index (χ0v) is 11.6. The lowest BCUT2D eigenvalue weighted by Crippen LogP contribution is -2.51. The summed E-state index contributed by atoms with van der Waals surface area (Å²) in [4.78, 5) is 27.8. The molecular weight excluding hydrogens is 270 g/mol. The largest absolute Gasteiger partial charge is 0.459 e. The molecule has 1 fully saturated rings. The van der Waals surface area contributed by atoms with Crippen LogP contribution in [0.4, 0.5) is 0 Å². The molecule has 0 aromatic carbocycles. The average molecular weight is 287 g/mol. The first kappa shape index (κ1) is 13.5. The van der Waals surface area contributed by atoms with E-state index >= 15 is 0 Å². The molecule has 0 saturated carbocycles. The van der Waals surface area contributed by atoms with Gasteiger partial charge in [-0.3, -0.25) is 9.59 Å². The fourth-order valence-electron chi connectivity index (χ4n) is 2.45. The molecule has 21 heavy (non-hydrogen) atoms. The van der Waals surface area contributed by atoms with Crippen molar-refractivity contribution < 1.29 is 14.0 Å². The summed E-state index contributed by atoms with van der Waals surface area (Å²) < 4.78 is 6.97. The molecule has 1 saturated heterocycles. The van der Waals surface area contributed by atoms with Gasteiger partial charge in [0.15, 0.2) is 5.76 Å². The highest BCUT2D eigenvalue weighted by Gasteiger charge is 2.25. The van der Waals surface area contributed by atoms with Crippen LogP contribution in [0.1, 0.15) is 10.6 Å². The van der Waals surface area contributed by atoms with Crippen molar-refractivity contribution in [2.45, 2.75) is 6.54 Å². The Morgan fingerprint density at radius 1 is 1.00 bits per heavy atom. The number of nitrogens with zero attached hydrogens (tertiary/aromatic N) is 3. The molecule has 6 heteroatoms. The number of carbonyl (C=O) groups excluding carboxylic acids is 2. The summed E-state index contributed by atoms with van der Waals surface area (Å²) in [5.74, 6) is 0.316. The van der Waals surface area contributed by atoms with E-state index in [0.717, 1.165) is 0 Å². The molecule has 0 bridgehead atoms. The van der Waals surface area contributed by atoms with Crippen LogP contribution in [0, 0.1) is 0 Å². The Labute approximate surface area is 122 Å². The van der Waals surface area contributed by atoms with Gasteiger partial charge in [-0.25, -0.2) is 0 Å². The normalized spacial score (nSPS) is 15.2. The van der Waals surface area contributed by atoms with E-state index in [9.17, 15) is 9.59 Å². The second-order valence-corrected chi connectivity index (χ2v) is 5.01. The van der Waals surface area contributed by atoms with E-state index in [1.807, 2.05) is 29.1 Å². The van der Waals surface area contributed by atoms with Crippen LogP contribution in [0.3, 0.4) is 0 Å². The second-order valence-electron chi connectivity index (χ2n) is 5.01. The molecule has 2 aromatic heterocycles. The van der Waals surface area contributed by atoms with Gasteiger partial charge in [-0.05, 0) is 24.3 Å². The number of hydrogen-bond donors (Lipinski definition) is 0. The fourth-order valence-corrected chi connectivity index (χ4v) is 2.45. The number of hydrogen-bond acceptors (Lipinski definition) is 3. The highest BCUT2D eigenvalue weighted by Crippen LogP contribution is 2.10. The van der Waals surface area contributed by atoms with E-state index in [-0.39, 0.29) is 11.8 Å².